The number of rotatable bonds is 9. The van der Waals surface area contributed by atoms with Gasteiger partial charge in [-0.2, -0.15) is 0 Å². The molecule has 3 heterocycles. The number of nitrogens with zero attached hydrogens (tertiary/aromatic N) is 3. The summed E-state index contributed by atoms with van der Waals surface area (Å²) in [7, 11) is -3.20. The van der Waals surface area contributed by atoms with E-state index in [1.54, 1.807) is 0 Å². The fourth-order valence-corrected chi connectivity index (χ4v) is 19.9. The van der Waals surface area contributed by atoms with Crippen molar-refractivity contribution in [2.75, 3.05) is 14.7 Å². The van der Waals surface area contributed by atoms with Crippen LogP contribution < -0.4 is 51.1 Å². The maximum absolute atomic E-state index is 3.20. The van der Waals surface area contributed by atoms with Gasteiger partial charge in [-0.15, -0.1) is 11.3 Å². The van der Waals surface area contributed by atoms with Crippen LogP contribution in [0.5, 0.6) is 0 Å². The van der Waals surface area contributed by atoms with Crippen LogP contribution in [0.4, 0.5) is 51.2 Å². The van der Waals surface area contributed by atoms with Crippen LogP contribution in [0.1, 0.15) is 132 Å². The first-order valence-electron chi connectivity index (χ1n) is 31.7. The van der Waals surface area contributed by atoms with Crippen molar-refractivity contribution in [3.63, 3.8) is 0 Å². The van der Waals surface area contributed by atoms with Crippen LogP contribution >= 0.6 is 11.3 Å². The van der Waals surface area contributed by atoms with Crippen LogP contribution in [-0.2, 0) is 27.1 Å². The minimum Gasteiger partial charge on any atom is -0.311 e. The molecule has 3 nitrogen and oxygen atoms in total. The Bertz CT molecular complexity index is 4210. The molecule has 6 heteroatoms. The highest BCUT2D eigenvalue weighted by atomic mass is 32.1. The van der Waals surface area contributed by atoms with Gasteiger partial charge in [-0.25, -0.2) is 0 Å². The monoisotopic (exact) mass is 1180 g/mol. The number of hydrogen-bond acceptors (Lipinski definition) is 4. The zero-order valence-electron chi connectivity index (χ0n) is 54.3. The lowest BCUT2D eigenvalue weighted by molar-refractivity contribution is 0.590. The summed E-state index contributed by atoms with van der Waals surface area (Å²) >= 11 is 1.98. The first-order valence-corrected chi connectivity index (χ1v) is 34.5. The molecule has 0 saturated carbocycles. The minimum atomic E-state index is -3.20. The summed E-state index contributed by atoms with van der Waals surface area (Å²) in [5.41, 5.74) is 19.6. The van der Waals surface area contributed by atoms with Gasteiger partial charge in [0.1, 0.15) is 0 Å². The van der Waals surface area contributed by atoms with Crippen molar-refractivity contribution in [1.82, 2.24) is 0 Å². The van der Waals surface area contributed by atoms with E-state index in [-0.39, 0.29) is 33.8 Å². The van der Waals surface area contributed by atoms with Crippen LogP contribution in [0, 0.1) is 0 Å². The lowest BCUT2D eigenvalue weighted by Crippen LogP contribution is -2.75. The second-order valence-corrected chi connectivity index (χ2v) is 34.8. The molecule has 0 spiro atoms. The molecule has 0 unspecified atom stereocenters. The van der Waals surface area contributed by atoms with Gasteiger partial charge in [-0.3, -0.25) is 0 Å². The van der Waals surface area contributed by atoms with Crippen LogP contribution in [-0.4, -0.2) is 14.8 Å². The Morgan fingerprint density at radius 1 is 0.341 bits per heavy atom. The van der Waals surface area contributed by atoms with Crippen molar-refractivity contribution in [2.24, 2.45) is 0 Å². The summed E-state index contributed by atoms with van der Waals surface area (Å²) in [5, 5.41) is 6.65. The van der Waals surface area contributed by atoms with Crippen molar-refractivity contribution in [1.29, 1.82) is 0 Å². The van der Waals surface area contributed by atoms with E-state index >= 15 is 0 Å². The molecule has 88 heavy (non-hydrogen) atoms. The van der Waals surface area contributed by atoms with Crippen LogP contribution in [0.3, 0.4) is 0 Å². The molecule has 0 amide bonds. The van der Waals surface area contributed by atoms with Crippen molar-refractivity contribution < 1.29 is 0 Å². The normalized spacial score (nSPS) is 13.6. The fraction of sp³-hybridized carbons (Fsp3) is 0.244. The van der Waals surface area contributed by atoms with Gasteiger partial charge in [0.2, 0.25) is 0 Å². The zero-order chi connectivity index (χ0) is 61.9. The van der Waals surface area contributed by atoms with E-state index in [1.165, 1.54) is 97.1 Å². The molecular weight excluding hydrogens is 1100 g/mol. The molecule has 2 aliphatic heterocycles. The summed E-state index contributed by atoms with van der Waals surface area (Å²) in [6.45, 7) is 34.7. The lowest BCUT2D eigenvalue weighted by Gasteiger charge is -2.45. The van der Waals surface area contributed by atoms with Gasteiger partial charge in [0.15, 0.2) is 8.07 Å². The van der Waals surface area contributed by atoms with Crippen LogP contribution in [0.2, 0.25) is 0 Å². The number of fused-ring (bicyclic) bond motifs is 6. The smallest absolute Gasteiger partial charge is 0.264 e. The van der Waals surface area contributed by atoms with E-state index in [9.17, 15) is 0 Å². The van der Waals surface area contributed by atoms with E-state index in [0.29, 0.717) is 0 Å². The Morgan fingerprint density at radius 2 is 0.716 bits per heavy atom. The fourth-order valence-electron chi connectivity index (χ4n) is 13.8. The average Bonchev–Trinajstić information content (AvgIpc) is 1.13. The third-order valence-corrected chi connectivity index (χ3v) is 24.8. The third-order valence-electron chi connectivity index (χ3n) is 18.8. The second kappa shape index (κ2) is 21.6. The molecule has 13 rings (SSSR count). The Balaban J connectivity index is 1.19. The molecule has 0 radical (unpaired) electrons. The highest BCUT2D eigenvalue weighted by molar-refractivity contribution is 7.33. The standard InChI is InChI=1S/C82H84BN3SSi/c1-78(2,3)55-31-40-60(41-32-55)84(61-42-33-56(34-43-61)79(4,5)6)64-48-49-70-71(52-64)85(62-44-35-57(36-45-62)80(7,8)9)72-53-68(88(65-25-19-16-20-26-65,66-27-21-17-22-28-66)67-29-23-18-24-30-67)54-73-75(72)83(70)77-76(69-51-59(82(13,14)15)39-50-74(69)87-77)86(73)63-46-37-58(38-47-63)81(10,11)12/h16-54H,1-15H3. The predicted molar refractivity (Wildman–Crippen MR) is 388 cm³/mol. The van der Waals surface area contributed by atoms with Crippen molar-refractivity contribution in [3.8, 4) is 0 Å². The van der Waals surface area contributed by atoms with Crippen molar-refractivity contribution in [2.45, 2.75) is 131 Å². The first kappa shape index (κ1) is 58.8. The molecule has 1 aromatic heterocycles. The number of benzene rings is 10. The maximum Gasteiger partial charge on any atom is 0.264 e. The topological polar surface area (TPSA) is 9.72 Å². The Kier molecular flexibility index (Phi) is 14.4. The predicted octanol–water partition coefficient (Wildman–Crippen LogP) is 18.3. The van der Waals surface area contributed by atoms with Gasteiger partial charge < -0.3 is 14.7 Å². The highest BCUT2D eigenvalue weighted by Gasteiger charge is 2.49. The van der Waals surface area contributed by atoms with Gasteiger partial charge in [-0.1, -0.05) is 256 Å². The van der Waals surface area contributed by atoms with E-state index in [4.69, 9.17) is 0 Å². The molecule has 2 aliphatic rings. The van der Waals surface area contributed by atoms with Gasteiger partial charge in [0, 0.05) is 60.4 Å². The highest BCUT2D eigenvalue weighted by Crippen LogP contribution is 2.50. The van der Waals surface area contributed by atoms with E-state index in [0.717, 1.165) is 28.4 Å². The summed E-state index contributed by atoms with van der Waals surface area (Å²) in [6.07, 6.45) is 0. The summed E-state index contributed by atoms with van der Waals surface area (Å²) in [6, 6.07) is 92.2. The zero-order valence-corrected chi connectivity index (χ0v) is 56.2. The van der Waals surface area contributed by atoms with Gasteiger partial charge in [-0.05, 0) is 171 Å². The molecule has 0 aliphatic carbocycles. The van der Waals surface area contributed by atoms with Crippen LogP contribution in [0.15, 0.2) is 237 Å². The van der Waals surface area contributed by atoms with Gasteiger partial charge in [0.05, 0.1) is 5.69 Å². The third kappa shape index (κ3) is 10.2. The Labute approximate surface area is 530 Å². The molecule has 440 valence electrons. The number of thiophene rings is 1. The number of anilines is 9. The van der Waals surface area contributed by atoms with E-state index in [1.807, 2.05) is 11.3 Å². The molecule has 0 bridgehead atoms. The Hall–Kier alpha value is -8.16. The van der Waals surface area contributed by atoms with E-state index in [2.05, 4.69) is 355 Å². The maximum atomic E-state index is 2.69. The quantitative estimate of drug-likeness (QED) is 0.105. The average molecular weight is 1180 g/mol. The minimum absolute atomic E-state index is 0.00483. The lowest BCUT2D eigenvalue weighted by atomic mass is 9.36. The second-order valence-electron chi connectivity index (χ2n) is 29.9. The first-order chi connectivity index (χ1) is 41.8. The van der Waals surface area contributed by atoms with E-state index < -0.39 is 8.07 Å². The molecule has 0 atom stereocenters. The molecular formula is C82H84BN3SSi. The SMILES string of the molecule is CC(C)(C)c1ccc(N(c2ccc(C(C)(C)C)cc2)c2ccc3c(c2)N(c2ccc(C(C)(C)C)cc2)c2cc([Si](c4ccccc4)(c4ccccc4)c4ccccc4)cc4c2B3c2sc3ccc(C(C)(C)C)cc3c2N4c2ccc(C(C)(C)C)cc2)cc1. The number of hydrogen-bond donors (Lipinski definition) is 0. The van der Waals surface area contributed by atoms with Gasteiger partial charge >= 0.3 is 0 Å². The van der Waals surface area contributed by atoms with Crippen LogP contribution in [0.25, 0.3) is 10.1 Å². The largest absolute Gasteiger partial charge is 0.311 e. The molecule has 0 fully saturated rings. The summed E-state index contributed by atoms with van der Waals surface area (Å²) in [4.78, 5) is 7.83. The molecule has 0 saturated heterocycles. The van der Waals surface area contributed by atoms with Crippen molar-refractivity contribution in [3.05, 3.63) is 264 Å². The summed E-state index contributed by atoms with van der Waals surface area (Å²) in [5.74, 6) is 0. The molecule has 11 aromatic rings. The summed E-state index contributed by atoms with van der Waals surface area (Å²) < 4.78 is 2.66. The molecule has 10 aromatic carbocycles. The van der Waals surface area contributed by atoms with Crippen molar-refractivity contribution >= 4 is 124 Å². The molecule has 0 N–H and O–H groups in total. The Morgan fingerprint density at radius 3 is 1.14 bits per heavy atom. The van der Waals surface area contributed by atoms with Gasteiger partial charge in [0.25, 0.3) is 6.71 Å².